The van der Waals surface area contributed by atoms with E-state index in [-0.39, 0.29) is 11.5 Å². The van der Waals surface area contributed by atoms with Gasteiger partial charge >= 0.3 is 0 Å². The van der Waals surface area contributed by atoms with Gasteiger partial charge in [-0.1, -0.05) is 11.8 Å². The van der Waals surface area contributed by atoms with Crippen LogP contribution in [0, 0.1) is 13.8 Å². The van der Waals surface area contributed by atoms with E-state index < -0.39 is 0 Å². The molecule has 0 atom stereocenters. The predicted molar refractivity (Wildman–Crippen MR) is 80.6 cm³/mol. The molecule has 0 amide bonds. The summed E-state index contributed by atoms with van der Waals surface area (Å²) in [6.45, 7) is 3.72. The number of benzene rings is 1. The lowest BCUT2D eigenvalue weighted by molar-refractivity contribution is 0.101. The van der Waals surface area contributed by atoms with Gasteiger partial charge in [0.1, 0.15) is 17.3 Å². The van der Waals surface area contributed by atoms with E-state index >= 15 is 0 Å². The van der Waals surface area contributed by atoms with E-state index in [0.29, 0.717) is 22.3 Å². The van der Waals surface area contributed by atoms with E-state index in [1.165, 1.54) is 18.9 Å². The van der Waals surface area contributed by atoms with Crippen molar-refractivity contribution in [1.29, 1.82) is 0 Å². The molecule has 112 valence electrons. The van der Waals surface area contributed by atoms with Crippen molar-refractivity contribution in [3.63, 3.8) is 0 Å². The van der Waals surface area contributed by atoms with Crippen LogP contribution in [0.3, 0.4) is 0 Å². The van der Waals surface area contributed by atoms with Crippen LogP contribution in [-0.4, -0.2) is 30.7 Å². The van der Waals surface area contributed by atoms with Gasteiger partial charge in [-0.05, 0) is 26.0 Å². The highest BCUT2D eigenvalue weighted by Gasteiger charge is 2.15. The summed E-state index contributed by atoms with van der Waals surface area (Å²) in [5.74, 6) is 2.11. The molecule has 0 saturated carbocycles. The summed E-state index contributed by atoms with van der Waals surface area (Å²) in [5.41, 5.74) is 1.36. The number of methoxy groups -OCH3 is 2. The predicted octanol–water partition coefficient (Wildman–Crippen LogP) is 3.28. The standard InChI is InChI=1S/C15H17NO4S/c1-9-10(2)20-15(16-9)21-8-13(17)12-6-5-11(18-3)7-14(12)19-4/h5-7H,8H2,1-4H3. The Balaban J connectivity index is 2.09. The first-order chi connectivity index (χ1) is 10.0. The third-order valence-corrected chi connectivity index (χ3v) is 3.87. The number of carbonyl (C=O) groups is 1. The molecule has 0 bridgehead atoms. The molecule has 0 unspecified atom stereocenters. The van der Waals surface area contributed by atoms with Gasteiger partial charge in [-0.2, -0.15) is 0 Å². The highest BCUT2D eigenvalue weighted by atomic mass is 32.2. The second-order valence-corrected chi connectivity index (χ2v) is 5.33. The number of aryl methyl sites for hydroxylation is 2. The lowest BCUT2D eigenvalue weighted by Gasteiger charge is -2.08. The molecule has 21 heavy (non-hydrogen) atoms. The van der Waals surface area contributed by atoms with Crippen molar-refractivity contribution < 1.29 is 18.7 Å². The summed E-state index contributed by atoms with van der Waals surface area (Å²) in [6, 6.07) is 5.13. The number of hydrogen-bond donors (Lipinski definition) is 0. The Bertz CT molecular complexity index is 632. The Morgan fingerprint density at radius 2 is 2.05 bits per heavy atom. The maximum atomic E-state index is 12.3. The van der Waals surface area contributed by atoms with Crippen LogP contribution < -0.4 is 9.47 Å². The van der Waals surface area contributed by atoms with Crippen molar-refractivity contribution in [3.05, 3.63) is 35.2 Å². The summed E-state index contributed by atoms with van der Waals surface area (Å²) in [5, 5.41) is 0.505. The number of hydrogen-bond acceptors (Lipinski definition) is 6. The molecule has 2 rings (SSSR count). The van der Waals surface area contributed by atoms with Crippen molar-refractivity contribution >= 4 is 17.5 Å². The number of ketones is 1. The van der Waals surface area contributed by atoms with Crippen LogP contribution in [0.1, 0.15) is 21.8 Å². The van der Waals surface area contributed by atoms with Crippen molar-refractivity contribution in [1.82, 2.24) is 4.98 Å². The molecule has 6 heteroatoms. The van der Waals surface area contributed by atoms with Gasteiger partial charge in [0, 0.05) is 6.07 Å². The van der Waals surface area contributed by atoms with E-state index in [0.717, 1.165) is 11.5 Å². The van der Waals surface area contributed by atoms with Gasteiger partial charge in [-0.15, -0.1) is 0 Å². The molecule has 2 aromatic rings. The second-order valence-electron chi connectivity index (χ2n) is 4.40. The first kappa shape index (κ1) is 15.4. The van der Waals surface area contributed by atoms with Gasteiger partial charge in [-0.3, -0.25) is 4.79 Å². The third-order valence-electron chi connectivity index (χ3n) is 3.04. The highest BCUT2D eigenvalue weighted by molar-refractivity contribution is 7.99. The number of aromatic nitrogens is 1. The Morgan fingerprint density at radius 1 is 1.29 bits per heavy atom. The minimum Gasteiger partial charge on any atom is -0.497 e. The smallest absolute Gasteiger partial charge is 0.256 e. The summed E-state index contributed by atoms with van der Waals surface area (Å²) < 4.78 is 15.8. The molecule has 1 heterocycles. The average Bonchev–Trinajstić information content (AvgIpc) is 2.82. The fraction of sp³-hybridized carbons (Fsp3) is 0.333. The van der Waals surface area contributed by atoms with Crippen LogP contribution in [0.25, 0.3) is 0 Å². The number of carbonyl (C=O) groups excluding carboxylic acids is 1. The fourth-order valence-electron chi connectivity index (χ4n) is 1.74. The topological polar surface area (TPSA) is 61.6 Å². The van der Waals surface area contributed by atoms with Crippen molar-refractivity contribution in [2.24, 2.45) is 0 Å². The summed E-state index contributed by atoms with van der Waals surface area (Å²) in [4.78, 5) is 16.5. The van der Waals surface area contributed by atoms with E-state index in [4.69, 9.17) is 13.9 Å². The molecule has 1 aromatic carbocycles. The van der Waals surface area contributed by atoms with Crippen molar-refractivity contribution in [2.75, 3.05) is 20.0 Å². The normalized spacial score (nSPS) is 10.5. The van der Waals surface area contributed by atoms with E-state index in [2.05, 4.69) is 4.98 Å². The van der Waals surface area contributed by atoms with Crippen LogP contribution >= 0.6 is 11.8 Å². The SMILES string of the molecule is COc1ccc(C(=O)CSc2nc(C)c(C)o2)c(OC)c1. The first-order valence-electron chi connectivity index (χ1n) is 6.37. The van der Waals surface area contributed by atoms with E-state index in [1.54, 1.807) is 25.3 Å². The summed E-state index contributed by atoms with van der Waals surface area (Å²) in [7, 11) is 3.10. The lowest BCUT2D eigenvalue weighted by Crippen LogP contribution is -2.05. The monoisotopic (exact) mass is 307 g/mol. The van der Waals surface area contributed by atoms with E-state index in [1.807, 2.05) is 13.8 Å². The van der Waals surface area contributed by atoms with Crippen LogP contribution in [0.15, 0.2) is 27.8 Å². The van der Waals surface area contributed by atoms with Crippen LogP contribution in [0.4, 0.5) is 0 Å². The molecular weight excluding hydrogens is 290 g/mol. The molecular formula is C15H17NO4S. The zero-order valence-electron chi connectivity index (χ0n) is 12.4. The second kappa shape index (κ2) is 6.67. The quantitative estimate of drug-likeness (QED) is 0.603. The lowest BCUT2D eigenvalue weighted by atomic mass is 10.1. The zero-order chi connectivity index (χ0) is 15.4. The van der Waals surface area contributed by atoms with Gasteiger partial charge in [-0.25, -0.2) is 4.98 Å². The van der Waals surface area contributed by atoms with Gasteiger partial charge in [0.2, 0.25) is 0 Å². The number of thioether (sulfide) groups is 1. The van der Waals surface area contributed by atoms with Gasteiger partial charge in [0.25, 0.3) is 5.22 Å². The zero-order valence-corrected chi connectivity index (χ0v) is 13.2. The number of ether oxygens (including phenoxy) is 2. The molecule has 0 fully saturated rings. The Kier molecular flexibility index (Phi) is 4.90. The highest BCUT2D eigenvalue weighted by Crippen LogP contribution is 2.27. The Morgan fingerprint density at radius 3 is 2.62 bits per heavy atom. The molecule has 0 aliphatic carbocycles. The molecule has 0 radical (unpaired) electrons. The van der Waals surface area contributed by atoms with E-state index in [9.17, 15) is 4.79 Å². The number of nitrogens with zero attached hydrogens (tertiary/aromatic N) is 1. The van der Waals surface area contributed by atoms with Gasteiger partial charge < -0.3 is 13.9 Å². The largest absolute Gasteiger partial charge is 0.497 e. The van der Waals surface area contributed by atoms with Crippen LogP contribution in [0.5, 0.6) is 11.5 Å². The molecule has 0 aliphatic rings. The minimum atomic E-state index is -0.0481. The number of oxazole rings is 1. The molecule has 0 spiro atoms. The molecule has 5 nitrogen and oxygen atoms in total. The van der Waals surface area contributed by atoms with Crippen molar-refractivity contribution in [2.45, 2.75) is 19.1 Å². The van der Waals surface area contributed by atoms with Crippen molar-refractivity contribution in [3.8, 4) is 11.5 Å². The molecule has 0 aliphatic heterocycles. The first-order valence-corrected chi connectivity index (χ1v) is 7.35. The maximum absolute atomic E-state index is 12.3. The van der Waals surface area contributed by atoms with Gasteiger partial charge in [0.15, 0.2) is 5.78 Å². The number of Topliss-reactive ketones (excluding diaryl/α,β-unsaturated/α-hetero) is 1. The van der Waals surface area contributed by atoms with Crippen LogP contribution in [0.2, 0.25) is 0 Å². The molecule has 0 N–H and O–H groups in total. The summed E-state index contributed by atoms with van der Waals surface area (Å²) in [6.07, 6.45) is 0. The fourth-order valence-corrected chi connectivity index (χ4v) is 2.53. The third kappa shape index (κ3) is 3.58. The minimum absolute atomic E-state index is 0.0481. The summed E-state index contributed by atoms with van der Waals surface area (Å²) >= 11 is 1.27. The van der Waals surface area contributed by atoms with Gasteiger partial charge in [0.05, 0.1) is 31.2 Å². The number of rotatable bonds is 6. The average molecular weight is 307 g/mol. The van der Waals surface area contributed by atoms with Crippen LogP contribution in [-0.2, 0) is 0 Å². The molecule has 1 aromatic heterocycles. The Hall–Kier alpha value is -1.95. The Labute approximate surface area is 127 Å². The molecule has 0 saturated heterocycles. The maximum Gasteiger partial charge on any atom is 0.256 e.